The smallest absolute Gasteiger partial charge is 0.339 e. The lowest BCUT2D eigenvalue weighted by atomic mass is 10.2. The molecule has 1 aliphatic rings. The second kappa shape index (κ2) is 5.12. The van der Waals surface area contributed by atoms with Crippen molar-refractivity contribution in [3.05, 3.63) is 17.5 Å². The van der Waals surface area contributed by atoms with Crippen LogP contribution in [-0.2, 0) is 9.84 Å². The lowest BCUT2D eigenvalue weighted by Crippen LogP contribution is -2.25. The van der Waals surface area contributed by atoms with Crippen molar-refractivity contribution in [1.29, 1.82) is 0 Å². The van der Waals surface area contributed by atoms with Crippen LogP contribution in [0.3, 0.4) is 0 Å². The van der Waals surface area contributed by atoms with Crippen LogP contribution in [0.4, 0.5) is 5.95 Å². The molecule has 1 unspecified atom stereocenters. The van der Waals surface area contributed by atoms with E-state index in [2.05, 4.69) is 15.3 Å². The fourth-order valence-electron chi connectivity index (χ4n) is 2.05. The van der Waals surface area contributed by atoms with Crippen molar-refractivity contribution in [1.82, 2.24) is 9.97 Å². The quantitative estimate of drug-likeness (QED) is 0.827. The summed E-state index contributed by atoms with van der Waals surface area (Å²) in [4.78, 5) is 18.7. The standard InChI is InChI=1S/C11H15N3O4S/c1-7-9(10(15)16)6-13-11(14-7)12-5-8-3-2-4-19(8,17)18/h6,8H,2-5H2,1H3,(H,15,16)(H,12,13,14). The zero-order chi connectivity index (χ0) is 14.0. The maximum Gasteiger partial charge on any atom is 0.339 e. The lowest BCUT2D eigenvalue weighted by Gasteiger charge is -2.11. The molecule has 1 aromatic rings. The molecule has 2 rings (SSSR count). The Morgan fingerprint density at radius 1 is 1.58 bits per heavy atom. The molecule has 0 amide bonds. The third-order valence-electron chi connectivity index (χ3n) is 3.16. The summed E-state index contributed by atoms with van der Waals surface area (Å²) in [7, 11) is -3.00. The monoisotopic (exact) mass is 285 g/mol. The summed E-state index contributed by atoms with van der Waals surface area (Å²) in [5.41, 5.74) is 0.387. The zero-order valence-electron chi connectivity index (χ0n) is 10.5. The largest absolute Gasteiger partial charge is 0.478 e. The van der Waals surface area contributed by atoms with Crippen LogP contribution < -0.4 is 5.32 Å². The number of carbonyl (C=O) groups is 1. The number of aryl methyl sites for hydroxylation is 1. The molecule has 1 atom stereocenters. The summed E-state index contributed by atoms with van der Waals surface area (Å²) in [6.45, 7) is 1.83. The number of hydrogen-bond donors (Lipinski definition) is 2. The van der Waals surface area contributed by atoms with E-state index in [1.165, 1.54) is 6.20 Å². The van der Waals surface area contributed by atoms with Gasteiger partial charge in [-0.25, -0.2) is 23.2 Å². The van der Waals surface area contributed by atoms with Gasteiger partial charge >= 0.3 is 5.97 Å². The van der Waals surface area contributed by atoms with E-state index in [0.717, 1.165) is 0 Å². The number of hydrogen-bond acceptors (Lipinski definition) is 6. The number of nitrogens with one attached hydrogen (secondary N) is 1. The van der Waals surface area contributed by atoms with Gasteiger partial charge in [0.25, 0.3) is 0 Å². The van der Waals surface area contributed by atoms with E-state index in [9.17, 15) is 13.2 Å². The maximum atomic E-state index is 11.6. The lowest BCUT2D eigenvalue weighted by molar-refractivity contribution is 0.0695. The first-order valence-corrected chi connectivity index (χ1v) is 7.64. The first-order valence-electron chi connectivity index (χ1n) is 5.92. The molecule has 0 radical (unpaired) electrons. The maximum absolute atomic E-state index is 11.6. The summed E-state index contributed by atoms with van der Waals surface area (Å²) in [6, 6.07) is 0. The Bertz CT molecular complexity index is 600. The molecule has 0 bridgehead atoms. The van der Waals surface area contributed by atoms with Crippen molar-refractivity contribution in [2.45, 2.75) is 25.0 Å². The molecule has 2 heterocycles. The van der Waals surface area contributed by atoms with Gasteiger partial charge in [-0.3, -0.25) is 0 Å². The van der Waals surface area contributed by atoms with Gasteiger partial charge in [-0.15, -0.1) is 0 Å². The number of anilines is 1. The molecule has 0 spiro atoms. The Hall–Kier alpha value is -1.70. The predicted molar refractivity (Wildman–Crippen MR) is 69.0 cm³/mol. The molecule has 19 heavy (non-hydrogen) atoms. The summed E-state index contributed by atoms with van der Waals surface area (Å²) in [6.07, 6.45) is 2.55. The van der Waals surface area contributed by atoms with Gasteiger partial charge in [0.15, 0.2) is 9.84 Å². The fourth-order valence-corrected chi connectivity index (χ4v) is 3.82. The summed E-state index contributed by atoms with van der Waals surface area (Å²) < 4.78 is 23.3. The second-order valence-electron chi connectivity index (χ2n) is 4.51. The molecule has 0 aliphatic carbocycles. The molecular weight excluding hydrogens is 270 g/mol. The first kappa shape index (κ1) is 13.7. The number of nitrogens with zero attached hydrogens (tertiary/aromatic N) is 2. The fraction of sp³-hybridized carbons (Fsp3) is 0.545. The summed E-state index contributed by atoms with van der Waals surface area (Å²) >= 11 is 0. The normalized spacial score (nSPS) is 21.2. The predicted octanol–water partition coefficient (Wildman–Crippen LogP) is 0.472. The molecule has 0 saturated carbocycles. The summed E-state index contributed by atoms with van der Waals surface area (Å²) in [5.74, 6) is -0.594. The Morgan fingerprint density at radius 2 is 2.32 bits per heavy atom. The topological polar surface area (TPSA) is 109 Å². The minimum atomic E-state index is -3.00. The first-order chi connectivity index (χ1) is 8.90. The number of carboxylic acids is 1. The Labute approximate surface area is 111 Å². The van der Waals surface area contributed by atoms with E-state index >= 15 is 0 Å². The second-order valence-corrected chi connectivity index (χ2v) is 6.91. The van der Waals surface area contributed by atoms with E-state index in [4.69, 9.17) is 5.11 Å². The van der Waals surface area contributed by atoms with Gasteiger partial charge in [-0.1, -0.05) is 0 Å². The van der Waals surface area contributed by atoms with E-state index in [1.807, 2.05) is 0 Å². The average Bonchev–Trinajstić information content (AvgIpc) is 2.65. The van der Waals surface area contributed by atoms with E-state index in [1.54, 1.807) is 6.92 Å². The Balaban J connectivity index is 2.05. The molecule has 104 valence electrons. The van der Waals surface area contributed by atoms with Crippen LogP contribution in [0.5, 0.6) is 0 Å². The van der Waals surface area contributed by atoms with Crippen molar-refractivity contribution in [3.63, 3.8) is 0 Å². The third-order valence-corrected chi connectivity index (χ3v) is 5.44. The highest BCUT2D eigenvalue weighted by Crippen LogP contribution is 2.20. The van der Waals surface area contributed by atoms with Gasteiger partial charge in [0.2, 0.25) is 5.95 Å². The highest BCUT2D eigenvalue weighted by Gasteiger charge is 2.31. The Morgan fingerprint density at radius 3 is 2.84 bits per heavy atom. The molecule has 1 aromatic heterocycles. The highest BCUT2D eigenvalue weighted by atomic mass is 32.2. The van der Waals surface area contributed by atoms with Gasteiger partial charge in [-0.05, 0) is 19.8 Å². The molecule has 1 saturated heterocycles. The van der Waals surface area contributed by atoms with Crippen molar-refractivity contribution in [2.75, 3.05) is 17.6 Å². The van der Waals surface area contributed by atoms with Crippen molar-refractivity contribution < 1.29 is 18.3 Å². The van der Waals surface area contributed by atoms with E-state index < -0.39 is 21.1 Å². The molecule has 8 heteroatoms. The third kappa shape index (κ3) is 3.01. The van der Waals surface area contributed by atoms with Crippen LogP contribution in [0.1, 0.15) is 28.9 Å². The number of aromatic nitrogens is 2. The van der Waals surface area contributed by atoms with Crippen LogP contribution in [0, 0.1) is 6.92 Å². The van der Waals surface area contributed by atoms with E-state index in [0.29, 0.717) is 18.5 Å². The van der Waals surface area contributed by atoms with Gasteiger partial charge < -0.3 is 10.4 Å². The van der Waals surface area contributed by atoms with Crippen LogP contribution in [0.25, 0.3) is 0 Å². The number of aromatic carboxylic acids is 1. The molecular formula is C11H15N3O4S. The van der Waals surface area contributed by atoms with Crippen molar-refractivity contribution in [3.8, 4) is 0 Å². The van der Waals surface area contributed by atoms with Gasteiger partial charge in [0.05, 0.1) is 22.3 Å². The highest BCUT2D eigenvalue weighted by molar-refractivity contribution is 7.92. The molecule has 1 aliphatic heterocycles. The number of rotatable bonds is 4. The Kier molecular flexibility index (Phi) is 3.70. The molecule has 7 nitrogen and oxygen atoms in total. The van der Waals surface area contributed by atoms with Crippen molar-refractivity contribution in [2.24, 2.45) is 0 Å². The van der Waals surface area contributed by atoms with Gasteiger partial charge in [-0.2, -0.15) is 0 Å². The van der Waals surface area contributed by atoms with Crippen LogP contribution in [-0.4, -0.2) is 47.0 Å². The van der Waals surface area contributed by atoms with Crippen LogP contribution >= 0.6 is 0 Å². The van der Waals surface area contributed by atoms with E-state index in [-0.39, 0.29) is 23.8 Å². The van der Waals surface area contributed by atoms with Crippen LogP contribution in [0.15, 0.2) is 6.20 Å². The molecule has 1 fully saturated rings. The minimum absolute atomic E-state index is 0.0408. The van der Waals surface area contributed by atoms with Crippen molar-refractivity contribution >= 4 is 21.8 Å². The molecule has 2 N–H and O–H groups in total. The van der Waals surface area contributed by atoms with Gasteiger partial charge in [0.1, 0.15) is 0 Å². The minimum Gasteiger partial charge on any atom is -0.478 e. The average molecular weight is 285 g/mol. The zero-order valence-corrected chi connectivity index (χ0v) is 11.3. The SMILES string of the molecule is Cc1nc(NCC2CCCS2(=O)=O)ncc1C(=O)O. The van der Waals surface area contributed by atoms with Gasteiger partial charge in [0, 0.05) is 12.7 Å². The number of sulfone groups is 1. The number of carboxylic acid groups (broad SMARTS) is 1. The van der Waals surface area contributed by atoms with Crippen LogP contribution in [0.2, 0.25) is 0 Å². The summed E-state index contributed by atoms with van der Waals surface area (Å²) in [5, 5.41) is 11.3. The molecule has 0 aromatic carbocycles.